The second kappa shape index (κ2) is 5.72. The van der Waals surface area contributed by atoms with Crippen molar-refractivity contribution in [1.29, 1.82) is 0 Å². The first kappa shape index (κ1) is 14.7. The van der Waals surface area contributed by atoms with Gasteiger partial charge in [-0.2, -0.15) is 0 Å². The zero-order valence-corrected chi connectivity index (χ0v) is 11.3. The highest BCUT2D eigenvalue weighted by atomic mass is 35.5. The Morgan fingerprint density at radius 1 is 0.952 bits per heavy atom. The number of carboxylic acid groups (broad SMARTS) is 1. The molecule has 0 heterocycles. The van der Waals surface area contributed by atoms with E-state index in [1.165, 1.54) is 18.2 Å². The first-order valence-electron chi connectivity index (χ1n) is 5.74. The smallest absolute Gasteiger partial charge is 0.335 e. The molecule has 0 saturated carbocycles. The third-order valence-electron chi connectivity index (χ3n) is 2.63. The van der Waals surface area contributed by atoms with Crippen LogP contribution >= 0.6 is 11.6 Å². The van der Waals surface area contributed by atoms with Gasteiger partial charge in [0.05, 0.1) is 16.3 Å². The Bertz CT molecular complexity index is 709. The molecule has 0 aliphatic heterocycles. The number of carbonyl (C=O) groups excluding carboxylic acids is 1. The number of rotatable bonds is 3. The fraction of sp³-hybridized carbons (Fsp3) is 0. The molecule has 21 heavy (non-hydrogen) atoms. The molecule has 0 bridgehead atoms. The molecule has 2 aromatic carbocycles. The monoisotopic (exact) mass is 307 g/mol. The molecule has 0 aliphatic carbocycles. The van der Waals surface area contributed by atoms with E-state index in [-0.39, 0.29) is 33.3 Å². The molecule has 108 valence electrons. The standard InChI is InChI=1S/C14H10ClNO5/c15-11-2-1-7(14(20)21)5-12(11)16-13(19)8-3-9(17)6-10(18)4-8/h1-6,17-18H,(H,16,19)(H,20,21). The Hall–Kier alpha value is -2.73. The Balaban J connectivity index is 2.31. The van der Waals surface area contributed by atoms with E-state index in [2.05, 4.69) is 5.32 Å². The average molecular weight is 308 g/mol. The number of amides is 1. The van der Waals surface area contributed by atoms with Gasteiger partial charge in [-0.1, -0.05) is 11.6 Å². The van der Waals surface area contributed by atoms with Crippen molar-refractivity contribution in [1.82, 2.24) is 0 Å². The van der Waals surface area contributed by atoms with Gasteiger partial charge in [0.25, 0.3) is 5.91 Å². The number of hydrogen-bond donors (Lipinski definition) is 4. The molecule has 2 aromatic rings. The van der Waals surface area contributed by atoms with Crippen LogP contribution in [-0.2, 0) is 0 Å². The van der Waals surface area contributed by atoms with E-state index in [9.17, 15) is 19.8 Å². The van der Waals surface area contributed by atoms with E-state index in [1.54, 1.807) is 0 Å². The molecule has 0 unspecified atom stereocenters. The third-order valence-corrected chi connectivity index (χ3v) is 2.96. The maximum Gasteiger partial charge on any atom is 0.335 e. The minimum Gasteiger partial charge on any atom is -0.508 e. The highest BCUT2D eigenvalue weighted by Crippen LogP contribution is 2.25. The van der Waals surface area contributed by atoms with E-state index in [1.807, 2.05) is 0 Å². The summed E-state index contributed by atoms with van der Waals surface area (Å²) in [6.07, 6.45) is 0. The van der Waals surface area contributed by atoms with Gasteiger partial charge in [-0.25, -0.2) is 4.79 Å². The number of aromatic carboxylic acids is 1. The highest BCUT2D eigenvalue weighted by molar-refractivity contribution is 6.34. The van der Waals surface area contributed by atoms with E-state index in [0.29, 0.717) is 0 Å². The van der Waals surface area contributed by atoms with Gasteiger partial charge in [0.2, 0.25) is 0 Å². The number of carbonyl (C=O) groups is 2. The van der Waals surface area contributed by atoms with Crippen molar-refractivity contribution < 1.29 is 24.9 Å². The van der Waals surface area contributed by atoms with Crippen LogP contribution in [0, 0.1) is 0 Å². The number of nitrogens with one attached hydrogen (secondary N) is 1. The van der Waals surface area contributed by atoms with Gasteiger partial charge in [0, 0.05) is 11.6 Å². The van der Waals surface area contributed by atoms with Crippen molar-refractivity contribution in [3.05, 3.63) is 52.5 Å². The van der Waals surface area contributed by atoms with Crippen molar-refractivity contribution in [3.63, 3.8) is 0 Å². The molecular weight excluding hydrogens is 298 g/mol. The van der Waals surface area contributed by atoms with Crippen molar-refractivity contribution in [2.75, 3.05) is 5.32 Å². The second-order valence-corrected chi connectivity index (χ2v) is 4.60. The predicted molar refractivity (Wildman–Crippen MR) is 76.1 cm³/mol. The molecule has 1 amide bonds. The number of hydrogen-bond acceptors (Lipinski definition) is 4. The van der Waals surface area contributed by atoms with Crippen LogP contribution in [0.5, 0.6) is 11.5 Å². The zero-order chi connectivity index (χ0) is 15.6. The largest absolute Gasteiger partial charge is 0.508 e. The zero-order valence-electron chi connectivity index (χ0n) is 10.5. The number of benzene rings is 2. The summed E-state index contributed by atoms with van der Waals surface area (Å²) in [6.45, 7) is 0. The molecule has 0 radical (unpaired) electrons. The summed E-state index contributed by atoms with van der Waals surface area (Å²) in [5, 5.41) is 30.2. The second-order valence-electron chi connectivity index (χ2n) is 4.19. The molecule has 0 aliphatic rings. The van der Waals surface area contributed by atoms with Crippen molar-refractivity contribution >= 4 is 29.2 Å². The highest BCUT2D eigenvalue weighted by Gasteiger charge is 2.13. The number of halogens is 1. The quantitative estimate of drug-likeness (QED) is 0.697. The molecular formula is C14H10ClNO5. The molecule has 0 spiro atoms. The van der Waals surface area contributed by atoms with Gasteiger partial charge < -0.3 is 20.6 Å². The lowest BCUT2D eigenvalue weighted by atomic mass is 10.1. The van der Waals surface area contributed by atoms with E-state index in [0.717, 1.165) is 18.2 Å². The first-order chi connectivity index (χ1) is 9.86. The molecule has 0 fully saturated rings. The molecule has 4 N–H and O–H groups in total. The summed E-state index contributed by atoms with van der Waals surface area (Å²) < 4.78 is 0. The minimum atomic E-state index is -1.16. The van der Waals surface area contributed by atoms with E-state index >= 15 is 0 Å². The number of phenols is 2. The normalized spacial score (nSPS) is 10.1. The molecule has 0 atom stereocenters. The summed E-state index contributed by atoms with van der Waals surface area (Å²) >= 11 is 5.89. The van der Waals surface area contributed by atoms with Crippen LogP contribution < -0.4 is 5.32 Å². The lowest BCUT2D eigenvalue weighted by molar-refractivity contribution is 0.0696. The van der Waals surface area contributed by atoms with Crippen LogP contribution in [0.2, 0.25) is 5.02 Å². The molecule has 7 heteroatoms. The summed E-state index contributed by atoms with van der Waals surface area (Å²) in [5.41, 5.74) is 0.0853. The third kappa shape index (κ3) is 3.43. The summed E-state index contributed by atoms with van der Waals surface area (Å²) in [7, 11) is 0. The maximum atomic E-state index is 12.0. The van der Waals surface area contributed by atoms with Gasteiger partial charge in [-0.3, -0.25) is 4.79 Å². The van der Waals surface area contributed by atoms with Crippen molar-refractivity contribution in [3.8, 4) is 11.5 Å². The SMILES string of the molecule is O=C(O)c1ccc(Cl)c(NC(=O)c2cc(O)cc(O)c2)c1. The maximum absolute atomic E-state index is 12.0. The van der Waals surface area contributed by atoms with Gasteiger partial charge in [-0.15, -0.1) is 0 Å². The van der Waals surface area contributed by atoms with Crippen LogP contribution in [0.4, 0.5) is 5.69 Å². The van der Waals surface area contributed by atoms with E-state index < -0.39 is 11.9 Å². The molecule has 0 saturated heterocycles. The molecule has 2 rings (SSSR count). The summed E-state index contributed by atoms with van der Waals surface area (Å²) in [4.78, 5) is 22.9. The minimum absolute atomic E-state index is 0.00398. The fourth-order valence-electron chi connectivity index (χ4n) is 1.67. The number of aromatic hydroxyl groups is 2. The Kier molecular flexibility index (Phi) is 4.00. The van der Waals surface area contributed by atoms with Crippen LogP contribution in [0.1, 0.15) is 20.7 Å². The molecule has 0 aromatic heterocycles. The van der Waals surface area contributed by atoms with Crippen LogP contribution in [0.15, 0.2) is 36.4 Å². The van der Waals surface area contributed by atoms with Crippen molar-refractivity contribution in [2.24, 2.45) is 0 Å². The summed E-state index contributed by atoms with van der Waals surface area (Å²) in [5.74, 6) is -2.35. The fourth-order valence-corrected chi connectivity index (χ4v) is 1.84. The number of carboxylic acids is 1. The van der Waals surface area contributed by atoms with Gasteiger partial charge >= 0.3 is 5.97 Å². The van der Waals surface area contributed by atoms with Crippen LogP contribution in [0.25, 0.3) is 0 Å². The summed E-state index contributed by atoms with van der Waals surface area (Å²) in [6, 6.07) is 7.26. The van der Waals surface area contributed by atoms with E-state index in [4.69, 9.17) is 16.7 Å². The van der Waals surface area contributed by atoms with Crippen molar-refractivity contribution in [2.45, 2.75) is 0 Å². The first-order valence-corrected chi connectivity index (χ1v) is 6.12. The van der Waals surface area contributed by atoms with Gasteiger partial charge in [0.1, 0.15) is 11.5 Å². The van der Waals surface area contributed by atoms with Gasteiger partial charge in [0.15, 0.2) is 0 Å². The number of phenolic OH excluding ortho intramolecular Hbond substituents is 2. The lowest BCUT2D eigenvalue weighted by Gasteiger charge is -2.09. The topological polar surface area (TPSA) is 107 Å². The predicted octanol–water partition coefficient (Wildman–Crippen LogP) is 2.70. The average Bonchev–Trinajstić information content (AvgIpc) is 2.39. The van der Waals surface area contributed by atoms with Crippen LogP contribution in [-0.4, -0.2) is 27.2 Å². The number of anilines is 1. The Morgan fingerprint density at radius 3 is 2.14 bits per heavy atom. The van der Waals surface area contributed by atoms with Crippen LogP contribution in [0.3, 0.4) is 0 Å². The van der Waals surface area contributed by atoms with Gasteiger partial charge in [-0.05, 0) is 30.3 Å². The Morgan fingerprint density at radius 2 is 1.57 bits per heavy atom. The Labute approximate surface area is 124 Å². The molecule has 6 nitrogen and oxygen atoms in total. The lowest BCUT2D eigenvalue weighted by Crippen LogP contribution is -2.12.